The lowest BCUT2D eigenvalue weighted by atomic mass is 9.59. The number of para-hydroxylation sites is 2. The average Bonchev–Trinajstić information content (AvgIpc) is 3.99. The second kappa shape index (κ2) is 11.4. The van der Waals surface area contributed by atoms with E-state index in [9.17, 15) is 0 Å². The summed E-state index contributed by atoms with van der Waals surface area (Å²) in [5.41, 5.74) is 15.6. The number of rotatable bonds is 3. The summed E-state index contributed by atoms with van der Waals surface area (Å²) >= 11 is 1.88. The van der Waals surface area contributed by atoms with Crippen LogP contribution in [-0.4, -0.2) is 11.8 Å². The molecule has 4 nitrogen and oxygen atoms in total. The summed E-state index contributed by atoms with van der Waals surface area (Å²) < 4.78 is 18.5. The zero-order valence-electron chi connectivity index (χ0n) is 32.2. The Bertz CT molecular complexity index is 3720. The Morgan fingerprint density at radius 2 is 1.29 bits per heavy atom. The Hall–Kier alpha value is -6.76. The van der Waals surface area contributed by atoms with E-state index in [1.807, 2.05) is 17.4 Å². The van der Waals surface area contributed by atoms with Gasteiger partial charge in [-0.05, 0) is 88.1 Å². The summed E-state index contributed by atoms with van der Waals surface area (Å²) in [7, 11) is 0.791. The van der Waals surface area contributed by atoms with Crippen LogP contribution in [-0.2, 0) is 5.41 Å². The first-order valence-electron chi connectivity index (χ1n) is 20.0. The summed E-state index contributed by atoms with van der Waals surface area (Å²) in [6, 6.07) is 53.1. The van der Waals surface area contributed by atoms with E-state index in [4.69, 9.17) is 8.83 Å². The third-order valence-corrected chi connectivity index (χ3v) is 13.7. The molecule has 0 saturated carbocycles. The molecule has 274 valence electrons. The van der Waals surface area contributed by atoms with Crippen LogP contribution in [0.2, 0.25) is 0 Å². The molecule has 1 aliphatic rings. The second-order valence-electron chi connectivity index (χ2n) is 17.0. The van der Waals surface area contributed by atoms with E-state index < -0.39 is 0 Å². The predicted molar refractivity (Wildman–Crippen MR) is 249 cm³/mol. The average molecular weight is 763 g/mol. The first-order chi connectivity index (χ1) is 28.4. The Kier molecular flexibility index (Phi) is 6.37. The van der Waals surface area contributed by atoms with Gasteiger partial charge in [-0.2, -0.15) is 0 Å². The first-order valence-corrected chi connectivity index (χ1v) is 20.9. The van der Waals surface area contributed by atoms with Crippen LogP contribution in [0.25, 0.3) is 103 Å². The normalized spacial score (nSPS) is 12.9. The molecule has 4 aromatic heterocycles. The second-order valence-corrected chi connectivity index (χ2v) is 18.0. The summed E-state index contributed by atoms with van der Waals surface area (Å²) in [5.74, 6) is 0. The van der Waals surface area contributed by atoms with Gasteiger partial charge in [0.2, 0.25) is 0 Å². The lowest BCUT2D eigenvalue weighted by Crippen LogP contribution is -2.37. The van der Waals surface area contributed by atoms with Gasteiger partial charge in [-0.3, -0.25) is 0 Å². The number of anilines is 2. The number of benzene rings is 8. The third kappa shape index (κ3) is 4.46. The van der Waals surface area contributed by atoms with Crippen LogP contribution in [0.1, 0.15) is 26.3 Å². The monoisotopic (exact) mass is 762 g/mol. The van der Waals surface area contributed by atoms with Crippen molar-refractivity contribution in [3.05, 3.63) is 151 Å². The van der Waals surface area contributed by atoms with E-state index in [0.29, 0.717) is 0 Å². The Morgan fingerprint density at radius 3 is 2.10 bits per heavy atom. The van der Waals surface area contributed by atoms with Crippen molar-refractivity contribution in [3.63, 3.8) is 0 Å². The molecular weight excluding hydrogens is 727 g/mol. The molecule has 0 atom stereocenters. The van der Waals surface area contributed by atoms with E-state index in [2.05, 4.69) is 170 Å². The van der Waals surface area contributed by atoms with Crippen molar-refractivity contribution in [1.82, 2.24) is 4.57 Å². The van der Waals surface area contributed by atoms with Gasteiger partial charge in [0.25, 0.3) is 0 Å². The fourth-order valence-corrected chi connectivity index (χ4v) is 10.9. The number of furan rings is 2. The largest absolute Gasteiger partial charge is 0.456 e. The van der Waals surface area contributed by atoms with Crippen LogP contribution in [0.15, 0.2) is 154 Å². The summed E-state index contributed by atoms with van der Waals surface area (Å²) in [5, 5.41) is 13.4. The quantitative estimate of drug-likeness (QED) is 0.182. The fraction of sp³-hybridized carbons (Fsp3) is 0.0769. The number of hydrogen-bond donors (Lipinski definition) is 1. The standard InChI is InChI=1S/C52H35BN2O2S/c1-52(2,3)28-16-18-29(19-17-28)54-40-25-37-31-11-5-7-13-43(31)56-45(37)26-36(40)33-20-21-35-48-41(23-22-34-30-10-4-8-14-44(30)57-51(34)48)55-42-27-47-38(24-39(42)53-49(33)50(35)55)32-12-6-9-15-46(32)58-47/h4-27,53-54H,1-3H3. The predicted octanol–water partition coefficient (Wildman–Crippen LogP) is 13.4. The molecule has 0 radical (unpaired) electrons. The Labute approximate surface area is 338 Å². The number of thiophene rings is 1. The SMILES string of the molecule is CC(C)(C)c1ccc(Nc2cc3c(cc2-c2ccc4c5c6oc7ccccc7c6ccc5n5c4c2Bc2cc4c(cc2-5)sc2ccccc24)oc2ccccc23)cc1. The van der Waals surface area contributed by atoms with Crippen LogP contribution in [0.4, 0.5) is 11.4 Å². The molecule has 5 heterocycles. The van der Waals surface area contributed by atoms with Gasteiger partial charge in [0, 0.05) is 69.9 Å². The minimum Gasteiger partial charge on any atom is -0.456 e. The van der Waals surface area contributed by atoms with Gasteiger partial charge >= 0.3 is 0 Å². The van der Waals surface area contributed by atoms with E-state index >= 15 is 0 Å². The first kappa shape index (κ1) is 32.3. The third-order valence-electron chi connectivity index (χ3n) is 12.6. The Morgan fingerprint density at radius 1 is 0.569 bits per heavy atom. The molecule has 12 aromatic rings. The van der Waals surface area contributed by atoms with Crippen molar-refractivity contribution in [3.8, 4) is 16.8 Å². The molecule has 58 heavy (non-hydrogen) atoms. The fourth-order valence-electron chi connectivity index (χ4n) is 9.77. The molecule has 0 saturated heterocycles. The number of nitrogens with zero attached hydrogens (tertiary/aromatic N) is 1. The van der Waals surface area contributed by atoms with Gasteiger partial charge in [0.1, 0.15) is 22.3 Å². The minimum atomic E-state index is 0.0694. The minimum absolute atomic E-state index is 0.0694. The highest BCUT2D eigenvalue weighted by molar-refractivity contribution is 7.25. The van der Waals surface area contributed by atoms with Gasteiger partial charge < -0.3 is 18.7 Å². The molecule has 6 heteroatoms. The number of nitrogens with one attached hydrogen (secondary N) is 1. The highest BCUT2D eigenvalue weighted by atomic mass is 32.1. The number of fused-ring (bicyclic) bond motifs is 15. The molecule has 1 N–H and O–H groups in total. The van der Waals surface area contributed by atoms with E-state index in [-0.39, 0.29) is 5.41 Å². The number of aromatic nitrogens is 1. The van der Waals surface area contributed by atoms with E-state index in [0.717, 1.165) is 79.0 Å². The zero-order chi connectivity index (χ0) is 38.4. The topological polar surface area (TPSA) is 43.2 Å². The van der Waals surface area contributed by atoms with E-state index in [1.54, 1.807) is 0 Å². The molecule has 0 amide bonds. The molecule has 0 aliphatic carbocycles. The molecule has 8 aromatic carbocycles. The molecule has 0 fully saturated rings. The maximum atomic E-state index is 6.76. The van der Waals surface area contributed by atoms with Gasteiger partial charge in [0.05, 0.1) is 10.9 Å². The van der Waals surface area contributed by atoms with Crippen molar-refractivity contribution in [1.29, 1.82) is 0 Å². The van der Waals surface area contributed by atoms with Crippen LogP contribution in [0.3, 0.4) is 0 Å². The van der Waals surface area contributed by atoms with Crippen LogP contribution < -0.4 is 16.2 Å². The molecule has 13 rings (SSSR count). The van der Waals surface area contributed by atoms with Gasteiger partial charge in [-0.15, -0.1) is 11.3 Å². The maximum absolute atomic E-state index is 6.76. The zero-order valence-corrected chi connectivity index (χ0v) is 33.1. The van der Waals surface area contributed by atoms with Crippen molar-refractivity contribution >= 4 is 127 Å². The van der Waals surface area contributed by atoms with Crippen molar-refractivity contribution in [2.24, 2.45) is 0 Å². The summed E-state index contributed by atoms with van der Waals surface area (Å²) in [6.07, 6.45) is 0. The van der Waals surface area contributed by atoms with Crippen molar-refractivity contribution in [2.75, 3.05) is 5.32 Å². The lowest BCUT2D eigenvalue weighted by molar-refractivity contribution is 0.590. The molecule has 1 aliphatic heterocycles. The summed E-state index contributed by atoms with van der Waals surface area (Å²) in [4.78, 5) is 0. The molecular formula is C52H35BN2O2S. The maximum Gasteiger partial charge on any atom is 0.198 e. The van der Waals surface area contributed by atoms with Gasteiger partial charge in [-0.1, -0.05) is 111 Å². The number of hydrogen-bond acceptors (Lipinski definition) is 4. The van der Waals surface area contributed by atoms with Crippen molar-refractivity contribution < 1.29 is 8.83 Å². The molecule has 0 spiro atoms. The highest BCUT2D eigenvalue weighted by Gasteiger charge is 2.29. The molecule has 0 bridgehead atoms. The summed E-state index contributed by atoms with van der Waals surface area (Å²) in [6.45, 7) is 6.78. The van der Waals surface area contributed by atoms with Gasteiger partial charge in [0.15, 0.2) is 7.28 Å². The smallest absolute Gasteiger partial charge is 0.198 e. The van der Waals surface area contributed by atoms with Gasteiger partial charge in [-0.25, -0.2) is 0 Å². The highest BCUT2D eigenvalue weighted by Crippen LogP contribution is 2.45. The van der Waals surface area contributed by atoms with E-state index in [1.165, 1.54) is 58.8 Å². The lowest BCUT2D eigenvalue weighted by Gasteiger charge is -2.24. The van der Waals surface area contributed by atoms with Crippen LogP contribution in [0.5, 0.6) is 0 Å². The molecule has 0 unspecified atom stereocenters. The van der Waals surface area contributed by atoms with Crippen LogP contribution >= 0.6 is 11.3 Å². The van der Waals surface area contributed by atoms with Crippen LogP contribution in [0, 0.1) is 0 Å². The Balaban J connectivity index is 1.12. The van der Waals surface area contributed by atoms with Crippen molar-refractivity contribution in [2.45, 2.75) is 26.2 Å².